The van der Waals surface area contributed by atoms with Crippen LogP contribution in [0.4, 0.5) is 5.82 Å². The van der Waals surface area contributed by atoms with E-state index in [0.29, 0.717) is 31.7 Å². The van der Waals surface area contributed by atoms with Gasteiger partial charge >= 0.3 is 0 Å². The number of anilines is 1. The quantitative estimate of drug-likeness (QED) is 0.390. The molecular formula is C30H30N4O2. The van der Waals surface area contributed by atoms with Gasteiger partial charge in [-0.15, -0.1) is 0 Å². The minimum Gasteiger partial charge on any atom is -0.497 e. The van der Waals surface area contributed by atoms with E-state index in [4.69, 9.17) is 14.7 Å². The lowest BCUT2D eigenvalue weighted by Gasteiger charge is -2.36. The van der Waals surface area contributed by atoms with Crippen LogP contribution in [-0.2, 0) is 6.42 Å². The van der Waals surface area contributed by atoms with Crippen molar-refractivity contribution in [1.82, 2.24) is 14.9 Å². The summed E-state index contributed by atoms with van der Waals surface area (Å²) >= 11 is 0. The fourth-order valence-corrected chi connectivity index (χ4v) is 4.60. The molecule has 1 aromatic heterocycles. The van der Waals surface area contributed by atoms with E-state index < -0.39 is 0 Å². The van der Waals surface area contributed by atoms with Gasteiger partial charge in [0.05, 0.1) is 7.11 Å². The summed E-state index contributed by atoms with van der Waals surface area (Å²) in [6.07, 6.45) is 0.766. The number of rotatable bonds is 6. The van der Waals surface area contributed by atoms with E-state index in [2.05, 4.69) is 36.1 Å². The number of piperazine rings is 1. The van der Waals surface area contributed by atoms with Crippen molar-refractivity contribution in [2.24, 2.45) is 0 Å². The van der Waals surface area contributed by atoms with Gasteiger partial charge in [0.15, 0.2) is 5.82 Å². The second-order valence-electron chi connectivity index (χ2n) is 8.97. The highest BCUT2D eigenvalue weighted by molar-refractivity contribution is 5.94. The zero-order chi connectivity index (χ0) is 24.9. The monoisotopic (exact) mass is 478 g/mol. The first kappa shape index (κ1) is 23.5. The van der Waals surface area contributed by atoms with Crippen LogP contribution in [0.15, 0.2) is 84.9 Å². The average Bonchev–Trinajstić information content (AvgIpc) is 2.95. The highest BCUT2D eigenvalue weighted by Gasteiger charge is 2.26. The Hall–Kier alpha value is -4.19. The van der Waals surface area contributed by atoms with E-state index in [1.807, 2.05) is 65.6 Å². The Balaban J connectivity index is 1.41. The predicted octanol–water partition coefficient (Wildman–Crippen LogP) is 5.01. The molecule has 1 fully saturated rings. The molecule has 1 aliphatic heterocycles. The van der Waals surface area contributed by atoms with Gasteiger partial charge in [0.25, 0.3) is 5.91 Å². The normalized spacial score (nSPS) is 13.5. The Morgan fingerprint density at radius 2 is 1.47 bits per heavy atom. The Labute approximate surface area is 212 Å². The van der Waals surface area contributed by atoms with Crippen molar-refractivity contribution < 1.29 is 9.53 Å². The minimum atomic E-state index is 0.0469. The van der Waals surface area contributed by atoms with Gasteiger partial charge in [-0.3, -0.25) is 4.79 Å². The average molecular weight is 479 g/mol. The summed E-state index contributed by atoms with van der Waals surface area (Å²) in [5, 5.41) is 0. The number of carbonyl (C=O) groups is 1. The van der Waals surface area contributed by atoms with Gasteiger partial charge in [-0.25, -0.2) is 9.97 Å². The number of hydrogen-bond acceptors (Lipinski definition) is 5. The number of carbonyl (C=O) groups excluding carboxylic acids is 1. The molecule has 0 aliphatic carbocycles. The summed E-state index contributed by atoms with van der Waals surface area (Å²) in [7, 11) is 1.63. The van der Waals surface area contributed by atoms with E-state index in [1.165, 1.54) is 5.56 Å². The fraction of sp³-hybridized carbons (Fsp3) is 0.233. The van der Waals surface area contributed by atoms with Crippen LogP contribution in [0.25, 0.3) is 11.4 Å². The van der Waals surface area contributed by atoms with Crippen molar-refractivity contribution in [3.8, 4) is 17.1 Å². The number of hydrogen-bond donors (Lipinski definition) is 0. The smallest absolute Gasteiger partial charge is 0.253 e. The third-order valence-electron chi connectivity index (χ3n) is 6.65. The van der Waals surface area contributed by atoms with Crippen molar-refractivity contribution in [3.63, 3.8) is 0 Å². The Morgan fingerprint density at radius 3 is 2.11 bits per heavy atom. The number of methoxy groups -OCH3 is 1. The number of amides is 1. The topological polar surface area (TPSA) is 58.6 Å². The van der Waals surface area contributed by atoms with Crippen molar-refractivity contribution >= 4 is 11.7 Å². The summed E-state index contributed by atoms with van der Waals surface area (Å²) in [6, 6.07) is 27.8. The zero-order valence-electron chi connectivity index (χ0n) is 20.7. The van der Waals surface area contributed by atoms with Crippen LogP contribution >= 0.6 is 0 Å². The van der Waals surface area contributed by atoms with Crippen LogP contribution in [0, 0.1) is 6.92 Å². The van der Waals surface area contributed by atoms with Gasteiger partial charge in [0, 0.05) is 55.0 Å². The molecule has 0 unspecified atom stereocenters. The summed E-state index contributed by atoms with van der Waals surface area (Å²) in [6.45, 7) is 4.78. The first-order chi connectivity index (χ1) is 17.6. The summed E-state index contributed by atoms with van der Waals surface area (Å²) in [4.78, 5) is 27.3. The van der Waals surface area contributed by atoms with Crippen LogP contribution in [0.2, 0.25) is 0 Å². The Bertz CT molecular complexity index is 1320. The maximum absolute atomic E-state index is 13.1. The van der Waals surface area contributed by atoms with E-state index >= 15 is 0 Å². The summed E-state index contributed by atoms with van der Waals surface area (Å²) < 4.78 is 5.22. The number of ether oxygens (including phenoxy) is 1. The van der Waals surface area contributed by atoms with Gasteiger partial charge in [-0.1, -0.05) is 60.7 Å². The number of aromatic nitrogens is 2. The van der Waals surface area contributed by atoms with Gasteiger partial charge in [0.1, 0.15) is 11.6 Å². The number of aryl methyl sites for hydroxylation is 1. The first-order valence-corrected chi connectivity index (χ1v) is 12.3. The molecule has 0 atom stereocenters. The molecule has 5 rings (SSSR count). The summed E-state index contributed by atoms with van der Waals surface area (Å²) in [5.41, 5.74) is 5.03. The third-order valence-corrected chi connectivity index (χ3v) is 6.65. The molecule has 6 heteroatoms. The lowest BCUT2D eigenvalue weighted by molar-refractivity contribution is 0.0746. The third kappa shape index (κ3) is 5.08. The van der Waals surface area contributed by atoms with Gasteiger partial charge in [0.2, 0.25) is 0 Å². The van der Waals surface area contributed by atoms with Crippen LogP contribution in [0.1, 0.15) is 27.2 Å². The van der Waals surface area contributed by atoms with Gasteiger partial charge in [-0.05, 0) is 36.8 Å². The zero-order valence-corrected chi connectivity index (χ0v) is 20.7. The van der Waals surface area contributed by atoms with Crippen molar-refractivity contribution in [1.29, 1.82) is 0 Å². The second kappa shape index (κ2) is 10.6. The molecule has 1 aliphatic rings. The molecule has 4 aromatic rings. The maximum atomic E-state index is 13.1. The molecule has 182 valence electrons. The number of nitrogens with zero attached hydrogens (tertiary/aromatic N) is 4. The lowest BCUT2D eigenvalue weighted by Crippen LogP contribution is -2.49. The Morgan fingerprint density at radius 1 is 0.833 bits per heavy atom. The van der Waals surface area contributed by atoms with E-state index in [9.17, 15) is 4.79 Å². The van der Waals surface area contributed by atoms with E-state index in [-0.39, 0.29) is 5.91 Å². The van der Waals surface area contributed by atoms with Crippen LogP contribution in [0.5, 0.6) is 5.75 Å². The Kier molecular flexibility index (Phi) is 6.94. The standard InChI is InChI=1S/C30H30N4O2/c1-22-27(21-23-9-5-3-6-10-23)29(32-28(31-22)24-11-7-4-8-12-24)33-17-19-34(20-18-33)30(35)25-13-15-26(36-2)16-14-25/h3-16H,17-21H2,1-2H3. The molecule has 0 saturated carbocycles. The molecular weight excluding hydrogens is 448 g/mol. The highest BCUT2D eigenvalue weighted by Crippen LogP contribution is 2.28. The highest BCUT2D eigenvalue weighted by atomic mass is 16.5. The second-order valence-corrected chi connectivity index (χ2v) is 8.97. The van der Waals surface area contributed by atoms with E-state index in [0.717, 1.165) is 40.6 Å². The van der Waals surface area contributed by atoms with Gasteiger partial charge in [-0.2, -0.15) is 0 Å². The molecule has 0 N–H and O–H groups in total. The van der Waals surface area contributed by atoms with Crippen LogP contribution < -0.4 is 9.64 Å². The number of benzene rings is 3. The van der Waals surface area contributed by atoms with Gasteiger partial charge < -0.3 is 14.5 Å². The van der Waals surface area contributed by atoms with Crippen molar-refractivity contribution in [2.75, 3.05) is 38.2 Å². The molecule has 36 heavy (non-hydrogen) atoms. The maximum Gasteiger partial charge on any atom is 0.253 e. The molecule has 2 heterocycles. The molecule has 0 spiro atoms. The van der Waals surface area contributed by atoms with Crippen LogP contribution in [0.3, 0.4) is 0 Å². The SMILES string of the molecule is COc1ccc(C(=O)N2CCN(c3nc(-c4ccccc4)nc(C)c3Cc3ccccc3)CC2)cc1. The molecule has 1 amide bonds. The molecule has 3 aromatic carbocycles. The largest absolute Gasteiger partial charge is 0.497 e. The molecule has 0 bridgehead atoms. The van der Waals surface area contributed by atoms with Crippen molar-refractivity contribution in [2.45, 2.75) is 13.3 Å². The molecule has 0 radical (unpaired) electrons. The predicted molar refractivity (Wildman–Crippen MR) is 143 cm³/mol. The van der Waals surface area contributed by atoms with Crippen LogP contribution in [-0.4, -0.2) is 54.1 Å². The van der Waals surface area contributed by atoms with Crippen molar-refractivity contribution in [3.05, 3.63) is 107 Å². The first-order valence-electron chi connectivity index (χ1n) is 12.3. The molecule has 6 nitrogen and oxygen atoms in total. The minimum absolute atomic E-state index is 0.0469. The summed E-state index contributed by atoms with van der Waals surface area (Å²) in [5.74, 6) is 2.49. The lowest BCUT2D eigenvalue weighted by atomic mass is 10.0. The van der Waals surface area contributed by atoms with E-state index in [1.54, 1.807) is 7.11 Å². The molecule has 1 saturated heterocycles. The fourth-order valence-electron chi connectivity index (χ4n) is 4.60.